The van der Waals surface area contributed by atoms with Gasteiger partial charge in [0.1, 0.15) is 0 Å². The molecule has 0 rings (SSSR count). The van der Waals surface area contributed by atoms with Gasteiger partial charge >= 0.3 is 45.6 Å². The third kappa shape index (κ3) is 3.81. The summed E-state index contributed by atoms with van der Waals surface area (Å²) in [5.41, 5.74) is 0. The lowest BCUT2D eigenvalue weighted by Gasteiger charge is -2.31. The molecule has 0 radical (unpaired) electrons. The maximum absolute atomic E-state index is 13.2. The van der Waals surface area contributed by atoms with E-state index >= 15 is 0 Å². The van der Waals surface area contributed by atoms with Gasteiger partial charge in [0.25, 0.3) is 0 Å². The molecule has 0 saturated carbocycles. The first kappa shape index (κ1) is 21.7. The largest absolute Gasteiger partial charge is 0.462 e. The molecule has 17 heteroatoms. The fraction of sp³-hybridized carbons (Fsp3) is 0.833. The maximum atomic E-state index is 13.2. The molecule has 0 aliphatic carbocycles. The van der Waals surface area contributed by atoms with Crippen molar-refractivity contribution in [1.29, 1.82) is 0 Å². The Hall–Kier alpha value is -1.26. The number of Topliss-reactive ketones (excluding diaryl/α,β-unsaturated/α-hetero) is 1. The molecule has 0 aliphatic rings. The van der Waals surface area contributed by atoms with Gasteiger partial charge in [0, 0.05) is 0 Å². The van der Waals surface area contributed by atoms with Crippen LogP contribution in [0.5, 0.6) is 0 Å². The van der Waals surface area contributed by atoms with E-state index in [2.05, 4.69) is 0 Å². The van der Waals surface area contributed by atoms with Crippen LogP contribution in [0.2, 0.25) is 0 Å². The van der Waals surface area contributed by atoms with Crippen LogP contribution < -0.4 is 0 Å². The molecule has 4 nitrogen and oxygen atoms in total. The summed E-state index contributed by atoms with van der Waals surface area (Å²) in [5, 5.41) is -6.90. The molecule has 0 aromatic carbocycles. The van der Waals surface area contributed by atoms with Crippen molar-refractivity contribution >= 4 is 16.0 Å². The summed E-state index contributed by atoms with van der Waals surface area (Å²) in [4.78, 5) is 10.3. The lowest BCUT2D eigenvalue weighted by atomic mass is 10.3. The molecule has 138 valence electrons. The Morgan fingerprint density at radius 1 is 0.783 bits per heavy atom. The second-order valence-corrected chi connectivity index (χ2v) is 4.89. The molecular formula is C6F12O4S. The molecule has 0 bridgehead atoms. The first-order chi connectivity index (χ1) is 9.61. The van der Waals surface area contributed by atoms with Gasteiger partial charge in [-0.2, -0.15) is 56.7 Å². The summed E-state index contributed by atoms with van der Waals surface area (Å²) in [7, 11) is -7.82. The molecule has 1 atom stereocenters. The molecule has 0 amide bonds. The Balaban J connectivity index is 6.20. The minimum absolute atomic E-state index is 1.57. The molecule has 0 aromatic rings. The third-order valence-corrected chi connectivity index (χ3v) is 2.72. The number of halogens is 12. The number of hydrogen-bond acceptors (Lipinski definition) is 4. The average molecular weight is 396 g/mol. The van der Waals surface area contributed by atoms with Crippen LogP contribution >= 0.6 is 0 Å². The summed E-state index contributed by atoms with van der Waals surface area (Å²) in [6.07, 6.45) is -21.5. The van der Waals surface area contributed by atoms with E-state index in [0.29, 0.717) is 0 Å². The molecule has 0 aliphatic heterocycles. The quantitative estimate of drug-likeness (QED) is 0.530. The van der Waals surface area contributed by atoms with Gasteiger partial charge in [0.05, 0.1) is 0 Å². The maximum Gasteiger partial charge on any atom is 0.462 e. The van der Waals surface area contributed by atoms with E-state index in [-0.39, 0.29) is 0 Å². The van der Waals surface area contributed by atoms with Gasteiger partial charge in [-0.15, -0.1) is 0 Å². The van der Waals surface area contributed by atoms with Crippen LogP contribution in [-0.4, -0.2) is 43.8 Å². The van der Waals surface area contributed by atoms with Crippen molar-refractivity contribution < 1.29 is 70.1 Å². The Kier molecular flexibility index (Phi) is 5.09. The highest BCUT2D eigenvalue weighted by Gasteiger charge is 2.79. The molecule has 0 saturated heterocycles. The SMILES string of the molecule is O=C(C(F)(F)F)C(F)(OC(F)(F)C(F)(F)C(F)(F)F)S(=O)(=O)F. The number of alkyl halides is 11. The lowest BCUT2D eigenvalue weighted by molar-refractivity contribution is -0.441. The zero-order valence-electron chi connectivity index (χ0n) is 9.58. The van der Waals surface area contributed by atoms with Gasteiger partial charge in [0.15, 0.2) is 0 Å². The zero-order chi connectivity index (χ0) is 19.3. The average Bonchev–Trinajstić information content (AvgIpc) is 2.22. The third-order valence-electron chi connectivity index (χ3n) is 1.82. The minimum Gasteiger partial charge on any atom is -0.282 e. The van der Waals surface area contributed by atoms with E-state index < -0.39 is 45.6 Å². The van der Waals surface area contributed by atoms with Gasteiger partial charge < -0.3 is 0 Å². The van der Waals surface area contributed by atoms with Crippen molar-refractivity contribution in [3.8, 4) is 0 Å². The molecule has 0 heterocycles. The Morgan fingerprint density at radius 2 is 1.13 bits per heavy atom. The van der Waals surface area contributed by atoms with Gasteiger partial charge in [-0.25, -0.2) is 0 Å². The van der Waals surface area contributed by atoms with E-state index in [9.17, 15) is 65.4 Å². The van der Waals surface area contributed by atoms with Crippen molar-refractivity contribution in [3.63, 3.8) is 0 Å². The van der Waals surface area contributed by atoms with Gasteiger partial charge in [-0.05, 0) is 0 Å². The van der Waals surface area contributed by atoms with Crippen molar-refractivity contribution in [3.05, 3.63) is 0 Å². The van der Waals surface area contributed by atoms with Crippen molar-refractivity contribution in [1.82, 2.24) is 0 Å². The van der Waals surface area contributed by atoms with E-state index in [4.69, 9.17) is 0 Å². The van der Waals surface area contributed by atoms with Gasteiger partial charge in [0.2, 0.25) is 0 Å². The van der Waals surface area contributed by atoms with Crippen LogP contribution in [0.4, 0.5) is 52.2 Å². The molecule has 23 heavy (non-hydrogen) atoms. The Bertz CT molecular complexity index is 573. The molecule has 0 fully saturated rings. The predicted octanol–water partition coefficient (Wildman–Crippen LogP) is 2.85. The van der Waals surface area contributed by atoms with E-state index in [1.165, 1.54) is 0 Å². The standard InChI is InChI=1S/C6F12O4S/c7-2(8,9)1(19)3(10,23(18,20)21)22-6(16,17)4(11,12)5(13,14)15. The Labute approximate surface area is 117 Å². The minimum atomic E-state index is -7.82. The van der Waals surface area contributed by atoms with Gasteiger partial charge in [-0.1, -0.05) is 3.89 Å². The summed E-state index contributed by atoms with van der Waals surface area (Å²) in [5.74, 6) is -12.1. The fourth-order valence-electron chi connectivity index (χ4n) is 0.770. The number of rotatable bonds is 5. The van der Waals surface area contributed by atoms with Crippen LogP contribution in [0.25, 0.3) is 0 Å². The van der Waals surface area contributed by atoms with Crippen LogP contribution in [0.3, 0.4) is 0 Å². The number of hydrogen-bond donors (Lipinski definition) is 0. The number of ether oxygens (including phenoxy) is 1. The number of ketones is 1. The van der Waals surface area contributed by atoms with Crippen molar-refractivity contribution in [2.75, 3.05) is 0 Å². The normalized spacial score (nSPS) is 17.7. The number of carbonyl (C=O) groups excluding carboxylic acids is 1. The van der Waals surface area contributed by atoms with Crippen molar-refractivity contribution in [2.24, 2.45) is 0 Å². The molecule has 0 aromatic heterocycles. The van der Waals surface area contributed by atoms with E-state index in [1.807, 2.05) is 0 Å². The van der Waals surface area contributed by atoms with Crippen LogP contribution in [0.1, 0.15) is 0 Å². The molecular weight excluding hydrogens is 396 g/mol. The highest BCUT2D eigenvalue weighted by molar-refractivity contribution is 7.88. The lowest BCUT2D eigenvalue weighted by Crippen LogP contribution is -2.60. The Morgan fingerprint density at radius 3 is 1.35 bits per heavy atom. The smallest absolute Gasteiger partial charge is 0.282 e. The van der Waals surface area contributed by atoms with E-state index in [1.54, 1.807) is 4.74 Å². The zero-order valence-corrected chi connectivity index (χ0v) is 10.4. The monoisotopic (exact) mass is 396 g/mol. The molecule has 1 unspecified atom stereocenters. The van der Waals surface area contributed by atoms with Gasteiger partial charge in [-0.3, -0.25) is 9.53 Å². The number of carbonyl (C=O) groups is 1. The second-order valence-electron chi connectivity index (χ2n) is 3.49. The topological polar surface area (TPSA) is 60.4 Å². The first-order valence-electron chi connectivity index (χ1n) is 4.38. The highest BCUT2D eigenvalue weighted by atomic mass is 32.3. The van der Waals surface area contributed by atoms with Crippen LogP contribution in [-0.2, 0) is 19.8 Å². The van der Waals surface area contributed by atoms with E-state index in [0.717, 1.165) is 0 Å². The molecule has 0 spiro atoms. The summed E-state index contributed by atoms with van der Waals surface area (Å²) < 4.78 is 167. The second kappa shape index (κ2) is 5.38. The predicted molar refractivity (Wildman–Crippen MR) is 42.0 cm³/mol. The van der Waals surface area contributed by atoms with Crippen LogP contribution in [0.15, 0.2) is 0 Å². The summed E-state index contributed by atoms with van der Waals surface area (Å²) in [6, 6.07) is 0. The summed E-state index contributed by atoms with van der Waals surface area (Å²) >= 11 is 0. The fourth-order valence-corrected chi connectivity index (χ4v) is 1.31. The highest BCUT2D eigenvalue weighted by Crippen LogP contribution is 2.50. The summed E-state index contributed by atoms with van der Waals surface area (Å²) in [6.45, 7) is 0. The first-order valence-corrected chi connectivity index (χ1v) is 5.77. The molecule has 0 N–H and O–H groups in total. The van der Waals surface area contributed by atoms with Crippen LogP contribution in [0, 0.1) is 0 Å². The van der Waals surface area contributed by atoms with Crippen molar-refractivity contribution in [2.45, 2.75) is 29.6 Å².